The topological polar surface area (TPSA) is 71.5 Å². The van der Waals surface area contributed by atoms with E-state index < -0.39 is 0 Å². The maximum atomic E-state index is 11.2. The molecule has 0 atom stereocenters. The van der Waals surface area contributed by atoms with Gasteiger partial charge in [0.2, 0.25) is 0 Å². The Kier molecular flexibility index (Phi) is 4.23. The smallest absolute Gasteiger partial charge is 0.259 e. The van der Waals surface area contributed by atoms with Crippen molar-refractivity contribution in [3.05, 3.63) is 50.1 Å². The number of hydrogen-bond donors (Lipinski definition) is 1. The minimum atomic E-state index is -0.0475. The van der Waals surface area contributed by atoms with Crippen LogP contribution in [0.3, 0.4) is 0 Å². The largest absolute Gasteiger partial charge is 0.313 e. The molecule has 5 nitrogen and oxygen atoms in total. The van der Waals surface area contributed by atoms with Gasteiger partial charge in [-0.25, -0.2) is 15.0 Å². The second-order valence-corrected chi connectivity index (χ2v) is 7.31. The Morgan fingerprint density at radius 1 is 1.00 bits per heavy atom. The monoisotopic (exact) mass is 344 g/mol. The number of aromatic nitrogens is 4. The molecule has 1 N–H and O–H groups in total. The van der Waals surface area contributed by atoms with Crippen molar-refractivity contribution < 1.29 is 0 Å². The van der Waals surface area contributed by atoms with Crippen LogP contribution in [0.15, 0.2) is 22.8 Å². The van der Waals surface area contributed by atoms with Crippen molar-refractivity contribution in [3.8, 4) is 0 Å². The number of thiophene rings is 2. The minimum absolute atomic E-state index is 0.0475. The van der Waals surface area contributed by atoms with Gasteiger partial charge < -0.3 is 4.98 Å². The first kappa shape index (κ1) is 15.8. The number of hydrogen-bond acceptors (Lipinski definition) is 6. The van der Waals surface area contributed by atoms with E-state index >= 15 is 0 Å². The van der Waals surface area contributed by atoms with Crippen LogP contribution in [-0.4, -0.2) is 19.9 Å². The zero-order valence-electron chi connectivity index (χ0n) is 13.3. The predicted octanol–water partition coefficient (Wildman–Crippen LogP) is 3.91. The summed E-state index contributed by atoms with van der Waals surface area (Å²) in [5.74, 6) is 0. The number of rotatable bonds is 0. The molecule has 118 valence electrons. The number of nitrogens with zero attached hydrogens (tertiary/aromatic N) is 3. The van der Waals surface area contributed by atoms with E-state index in [1.54, 1.807) is 17.7 Å². The minimum Gasteiger partial charge on any atom is -0.313 e. The highest BCUT2D eigenvalue weighted by atomic mass is 32.1. The molecule has 0 aliphatic carbocycles. The molecule has 0 amide bonds. The van der Waals surface area contributed by atoms with Crippen LogP contribution in [0.5, 0.6) is 0 Å². The Hall–Kier alpha value is -2.12. The van der Waals surface area contributed by atoms with Gasteiger partial charge in [-0.15, -0.1) is 22.7 Å². The molecule has 7 heteroatoms. The molecule has 0 aliphatic heterocycles. The lowest BCUT2D eigenvalue weighted by atomic mass is 10.2. The van der Waals surface area contributed by atoms with Crippen LogP contribution < -0.4 is 5.56 Å². The van der Waals surface area contributed by atoms with E-state index in [1.807, 2.05) is 19.2 Å². The lowest BCUT2D eigenvalue weighted by Gasteiger charge is -1.94. The summed E-state index contributed by atoms with van der Waals surface area (Å²) >= 11 is 3.24. The predicted molar refractivity (Wildman–Crippen MR) is 96.6 cm³/mol. The molecular weight excluding hydrogens is 328 g/mol. The van der Waals surface area contributed by atoms with Crippen molar-refractivity contribution in [3.63, 3.8) is 0 Å². The highest BCUT2D eigenvalue weighted by molar-refractivity contribution is 7.18. The number of aromatic amines is 1. The lowest BCUT2D eigenvalue weighted by molar-refractivity contribution is 1.16. The Morgan fingerprint density at radius 3 is 2.48 bits per heavy atom. The number of aryl methyl sites for hydroxylation is 4. The van der Waals surface area contributed by atoms with Gasteiger partial charge in [0, 0.05) is 16.0 Å². The zero-order valence-corrected chi connectivity index (χ0v) is 14.9. The van der Waals surface area contributed by atoms with Gasteiger partial charge in [-0.3, -0.25) is 4.79 Å². The van der Waals surface area contributed by atoms with Crippen molar-refractivity contribution in [1.29, 1.82) is 0 Å². The summed E-state index contributed by atoms with van der Waals surface area (Å²) in [4.78, 5) is 29.4. The average Bonchev–Trinajstić information content (AvgIpc) is 3.03. The van der Waals surface area contributed by atoms with E-state index in [4.69, 9.17) is 0 Å². The summed E-state index contributed by atoms with van der Waals surface area (Å²) in [7, 11) is 0. The van der Waals surface area contributed by atoms with E-state index in [2.05, 4.69) is 33.8 Å². The van der Waals surface area contributed by atoms with Gasteiger partial charge in [0.1, 0.15) is 16.0 Å². The summed E-state index contributed by atoms with van der Waals surface area (Å²) in [5, 5.41) is 3.89. The molecule has 23 heavy (non-hydrogen) atoms. The Balaban J connectivity index is 0.000000136. The first-order valence-corrected chi connectivity index (χ1v) is 8.77. The highest BCUT2D eigenvalue weighted by Gasteiger charge is 2.08. The zero-order chi connectivity index (χ0) is 16.6. The fourth-order valence-electron chi connectivity index (χ4n) is 2.38. The van der Waals surface area contributed by atoms with Crippen molar-refractivity contribution in [2.45, 2.75) is 27.7 Å². The first-order chi connectivity index (χ1) is 11.0. The van der Waals surface area contributed by atoms with Crippen LogP contribution in [0.4, 0.5) is 0 Å². The molecule has 0 fully saturated rings. The van der Waals surface area contributed by atoms with Gasteiger partial charge in [0.25, 0.3) is 5.56 Å². The van der Waals surface area contributed by atoms with Gasteiger partial charge in [0.15, 0.2) is 0 Å². The summed E-state index contributed by atoms with van der Waals surface area (Å²) < 4.78 is 0. The second kappa shape index (κ2) is 6.17. The van der Waals surface area contributed by atoms with Gasteiger partial charge in [-0.05, 0) is 44.2 Å². The van der Waals surface area contributed by atoms with Gasteiger partial charge in [0.05, 0.1) is 11.7 Å². The maximum Gasteiger partial charge on any atom is 0.259 e. The number of H-pyrrole nitrogens is 1. The standard InChI is InChI=1S/C9H10N2S.C7H6N2OS/c1-5-7(3)12-9-8(5)6(2)10-4-11-9;1-4-2-11-7-5(4)6(10)8-3-9-7/h4H,1-3H3;2-3H,1H3,(H,8,9,10). The molecular formula is C16H16N4OS2. The van der Waals surface area contributed by atoms with Crippen LogP contribution in [0.1, 0.15) is 21.7 Å². The van der Waals surface area contributed by atoms with Crippen LogP contribution in [0.25, 0.3) is 20.4 Å². The summed E-state index contributed by atoms with van der Waals surface area (Å²) in [5.41, 5.74) is 3.36. The third kappa shape index (κ3) is 2.89. The molecule has 0 saturated carbocycles. The van der Waals surface area contributed by atoms with Crippen molar-refractivity contribution in [1.82, 2.24) is 19.9 Å². The normalized spacial score (nSPS) is 10.8. The van der Waals surface area contributed by atoms with Crippen molar-refractivity contribution >= 4 is 43.1 Å². The fourth-order valence-corrected chi connectivity index (χ4v) is 4.32. The molecule has 0 saturated heterocycles. The van der Waals surface area contributed by atoms with Crippen molar-refractivity contribution in [2.24, 2.45) is 0 Å². The molecule has 0 aromatic carbocycles. The second-order valence-electron chi connectivity index (χ2n) is 5.25. The van der Waals surface area contributed by atoms with Crippen LogP contribution in [-0.2, 0) is 0 Å². The average molecular weight is 344 g/mol. The van der Waals surface area contributed by atoms with Crippen molar-refractivity contribution in [2.75, 3.05) is 0 Å². The molecule has 0 unspecified atom stereocenters. The molecule has 4 aromatic rings. The molecule has 4 aromatic heterocycles. The van der Waals surface area contributed by atoms with E-state index in [1.165, 1.54) is 33.5 Å². The SMILES string of the molecule is Cc1csc2nc[nH]c(=O)c12.Cc1sc2ncnc(C)c2c1C. The molecule has 4 heterocycles. The van der Waals surface area contributed by atoms with E-state index in [0.29, 0.717) is 0 Å². The Morgan fingerprint density at radius 2 is 1.78 bits per heavy atom. The van der Waals surface area contributed by atoms with Crippen LogP contribution >= 0.6 is 22.7 Å². The van der Waals surface area contributed by atoms with E-state index in [9.17, 15) is 4.79 Å². The molecule has 4 rings (SSSR count). The highest BCUT2D eigenvalue weighted by Crippen LogP contribution is 2.29. The van der Waals surface area contributed by atoms with Crippen LogP contribution in [0.2, 0.25) is 0 Å². The van der Waals surface area contributed by atoms with E-state index in [-0.39, 0.29) is 5.56 Å². The summed E-state index contributed by atoms with van der Waals surface area (Å²) in [6, 6.07) is 0. The molecule has 0 aliphatic rings. The summed E-state index contributed by atoms with van der Waals surface area (Å²) in [6.07, 6.45) is 3.06. The molecule has 0 spiro atoms. The first-order valence-electron chi connectivity index (χ1n) is 7.07. The summed E-state index contributed by atoms with van der Waals surface area (Å²) in [6.45, 7) is 8.20. The molecule has 0 bridgehead atoms. The van der Waals surface area contributed by atoms with Gasteiger partial charge in [-0.2, -0.15) is 0 Å². The lowest BCUT2D eigenvalue weighted by Crippen LogP contribution is -2.05. The third-order valence-electron chi connectivity index (χ3n) is 3.71. The quantitative estimate of drug-likeness (QED) is 0.525. The number of fused-ring (bicyclic) bond motifs is 2. The van der Waals surface area contributed by atoms with E-state index in [0.717, 1.165) is 26.3 Å². The maximum absolute atomic E-state index is 11.2. The Labute approximate surface area is 141 Å². The molecule has 0 radical (unpaired) electrons. The van der Waals surface area contributed by atoms with Gasteiger partial charge in [-0.1, -0.05) is 0 Å². The third-order valence-corrected chi connectivity index (χ3v) is 5.83. The Bertz CT molecular complexity index is 1050. The number of nitrogens with one attached hydrogen (secondary N) is 1. The van der Waals surface area contributed by atoms with Gasteiger partial charge >= 0.3 is 0 Å². The van der Waals surface area contributed by atoms with Crippen LogP contribution in [0, 0.1) is 27.7 Å². The fraction of sp³-hybridized carbons (Fsp3) is 0.250.